The number of hydrogen-bond acceptors (Lipinski definition) is 1. The molecular weight excluding hydrogens is 416 g/mol. The lowest BCUT2D eigenvalue weighted by Crippen LogP contribution is -2.18. The van der Waals surface area contributed by atoms with Gasteiger partial charge in [-0.05, 0) is 47.6 Å². The van der Waals surface area contributed by atoms with Crippen LogP contribution in [0.15, 0.2) is 84.2 Å². The van der Waals surface area contributed by atoms with E-state index in [2.05, 4.69) is 13.8 Å². The van der Waals surface area contributed by atoms with Crippen molar-refractivity contribution in [3.63, 3.8) is 0 Å². The molecule has 1 nitrogen and oxygen atoms in total. The first-order valence-electron chi connectivity index (χ1n) is 10.5. The van der Waals surface area contributed by atoms with Crippen LogP contribution in [-0.4, -0.2) is 0 Å². The number of fused-ring (bicyclic) bond motifs is 1. The van der Waals surface area contributed by atoms with Gasteiger partial charge in [0.15, 0.2) is 7.14 Å². The summed E-state index contributed by atoms with van der Waals surface area (Å²) < 4.78 is 54.3. The SMILES string of the molecule is CCC(CC)C1=C(c2ccc(C(F)(F)F)cc2)c2ccccc2P1(=O)c1ccccc1. The Morgan fingerprint density at radius 3 is 1.97 bits per heavy atom. The highest BCUT2D eigenvalue weighted by molar-refractivity contribution is 7.83. The Labute approximate surface area is 181 Å². The normalized spacial score (nSPS) is 18.5. The van der Waals surface area contributed by atoms with Crippen LogP contribution in [0.2, 0.25) is 0 Å². The molecule has 0 aromatic heterocycles. The molecule has 0 spiro atoms. The van der Waals surface area contributed by atoms with Crippen LogP contribution in [0.3, 0.4) is 0 Å². The second kappa shape index (κ2) is 8.16. The van der Waals surface area contributed by atoms with Crippen molar-refractivity contribution in [2.24, 2.45) is 5.92 Å². The third-order valence-corrected chi connectivity index (χ3v) is 9.46. The third-order valence-electron chi connectivity index (χ3n) is 6.10. The lowest BCUT2D eigenvalue weighted by molar-refractivity contribution is -0.137. The van der Waals surface area contributed by atoms with E-state index in [4.69, 9.17) is 0 Å². The molecule has 1 heterocycles. The maximum atomic E-state index is 14.9. The molecule has 0 N–H and O–H groups in total. The van der Waals surface area contributed by atoms with Gasteiger partial charge in [0.25, 0.3) is 0 Å². The van der Waals surface area contributed by atoms with Crippen LogP contribution >= 0.6 is 7.14 Å². The summed E-state index contributed by atoms with van der Waals surface area (Å²) in [5, 5.41) is 2.41. The highest BCUT2D eigenvalue weighted by Crippen LogP contribution is 2.64. The maximum Gasteiger partial charge on any atom is 0.416 e. The summed E-state index contributed by atoms with van der Waals surface area (Å²) in [5.74, 6) is 0.0655. The van der Waals surface area contributed by atoms with Gasteiger partial charge >= 0.3 is 6.18 Å². The van der Waals surface area contributed by atoms with Gasteiger partial charge in [-0.15, -0.1) is 0 Å². The van der Waals surface area contributed by atoms with Gasteiger partial charge in [0.1, 0.15) is 0 Å². The van der Waals surface area contributed by atoms with E-state index >= 15 is 0 Å². The summed E-state index contributed by atoms with van der Waals surface area (Å²) in [7, 11) is -3.12. The zero-order valence-corrected chi connectivity index (χ0v) is 18.4. The van der Waals surface area contributed by atoms with E-state index < -0.39 is 18.9 Å². The molecule has 1 aliphatic rings. The standard InChI is InChI=1S/C26H24F3OP/c1-3-18(4-2)25-24(19-14-16-20(17-15-19)26(27,28)29)22-12-8-9-13-23(22)31(25,30)21-10-6-5-7-11-21/h5-18H,3-4H2,1-2H3. The van der Waals surface area contributed by atoms with Gasteiger partial charge in [0.05, 0.1) is 5.56 Å². The minimum Gasteiger partial charge on any atom is -0.309 e. The van der Waals surface area contributed by atoms with E-state index in [1.165, 1.54) is 12.1 Å². The zero-order valence-electron chi connectivity index (χ0n) is 17.5. The Balaban J connectivity index is 2.04. The Hall–Kier alpha value is -2.58. The Kier molecular flexibility index (Phi) is 5.70. The fourth-order valence-electron chi connectivity index (χ4n) is 4.57. The lowest BCUT2D eigenvalue weighted by atomic mass is 9.91. The molecule has 3 aromatic rings. The molecule has 5 heteroatoms. The van der Waals surface area contributed by atoms with Crippen LogP contribution < -0.4 is 10.6 Å². The molecule has 0 fully saturated rings. The van der Waals surface area contributed by atoms with Crippen LogP contribution in [0.1, 0.15) is 43.4 Å². The first-order valence-corrected chi connectivity index (χ1v) is 12.2. The van der Waals surface area contributed by atoms with Gasteiger partial charge in [-0.25, -0.2) is 0 Å². The predicted molar refractivity (Wildman–Crippen MR) is 121 cm³/mol. The Bertz CT molecular complexity index is 1160. The monoisotopic (exact) mass is 440 g/mol. The van der Waals surface area contributed by atoms with Gasteiger partial charge < -0.3 is 4.57 Å². The minimum absolute atomic E-state index is 0.0655. The molecule has 0 amide bonds. The second-order valence-electron chi connectivity index (χ2n) is 7.81. The number of hydrogen-bond donors (Lipinski definition) is 0. The smallest absolute Gasteiger partial charge is 0.309 e. The molecule has 4 rings (SSSR count). The molecule has 0 saturated heterocycles. The van der Waals surface area contributed by atoms with Crippen LogP contribution in [0.5, 0.6) is 0 Å². The number of rotatable bonds is 5. The molecule has 1 unspecified atom stereocenters. The highest BCUT2D eigenvalue weighted by Gasteiger charge is 2.44. The van der Waals surface area contributed by atoms with Crippen molar-refractivity contribution in [2.45, 2.75) is 32.9 Å². The lowest BCUT2D eigenvalue weighted by Gasteiger charge is -2.25. The molecule has 0 aliphatic carbocycles. The van der Waals surface area contributed by atoms with E-state index in [-0.39, 0.29) is 5.92 Å². The predicted octanol–water partition coefficient (Wildman–Crippen LogP) is 7.23. The number of allylic oxidation sites excluding steroid dienone is 1. The zero-order chi connectivity index (χ0) is 22.2. The van der Waals surface area contributed by atoms with E-state index in [1.54, 1.807) is 0 Å². The van der Waals surface area contributed by atoms with E-state index in [0.29, 0.717) is 5.56 Å². The Morgan fingerprint density at radius 2 is 1.39 bits per heavy atom. The quantitative estimate of drug-likeness (QED) is 0.383. The van der Waals surface area contributed by atoms with Crippen LogP contribution in [0.4, 0.5) is 13.2 Å². The third kappa shape index (κ3) is 3.57. The van der Waals surface area contributed by atoms with E-state index in [0.717, 1.165) is 52.0 Å². The van der Waals surface area contributed by atoms with Crippen molar-refractivity contribution in [1.29, 1.82) is 0 Å². The van der Waals surface area contributed by atoms with Gasteiger partial charge in [-0.1, -0.05) is 80.6 Å². The van der Waals surface area contributed by atoms with Crippen LogP contribution in [0.25, 0.3) is 5.57 Å². The van der Waals surface area contributed by atoms with Gasteiger partial charge in [0.2, 0.25) is 0 Å². The first-order chi connectivity index (χ1) is 14.8. The average molecular weight is 440 g/mol. The largest absolute Gasteiger partial charge is 0.416 e. The van der Waals surface area contributed by atoms with E-state index in [1.807, 2.05) is 54.6 Å². The molecule has 0 bridgehead atoms. The maximum absolute atomic E-state index is 14.9. The molecule has 160 valence electrons. The van der Waals surface area contributed by atoms with Crippen molar-refractivity contribution in [1.82, 2.24) is 0 Å². The Morgan fingerprint density at radius 1 is 0.806 bits per heavy atom. The van der Waals surface area contributed by atoms with E-state index in [9.17, 15) is 17.7 Å². The summed E-state index contributed by atoms with van der Waals surface area (Å²) in [6.07, 6.45) is -2.78. The molecule has 0 saturated carbocycles. The van der Waals surface area contributed by atoms with Crippen LogP contribution in [-0.2, 0) is 10.7 Å². The fourth-order valence-corrected chi connectivity index (χ4v) is 8.24. The molecule has 0 radical (unpaired) electrons. The molecule has 31 heavy (non-hydrogen) atoms. The summed E-state index contributed by atoms with van der Waals surface area (Å²) in [4.78, 5) is 0. The highest BCUT2D eigenvalue weighted by atomic mass is 31.2. The molecule has 3 aromatic carbocycles. The molecular formula is C26H24F3OP. The van der Waals surface area contributed by atoms with Crippen molar-refractivity contribution in [3.05, 3.63) is 101 Å². The number of benzene rings is 3. The fraction of sp³-hybridized carbons (Fsp3) is 0.231. The summed E-state index contributed by atoms with van der Waals surface area (Å²) in [6, 6.07) is 22.3. The topological polar surface area (TPSA) is 17.1 Å². The minimum atomic E-state index is -4.39. The van der Waals surface area contributed by atoms with Crippen molar-refractivity contribution < 1.29 is 17.7 Å². The van der Waals surface area contributed by atoms with Crippen molar-refractivity contribution >= 4 is 23.3 Å². The molecule has 1 atom stereocenters. The second-order valence-corrected chi connectivity index (χ2v) is 10.5. The number of halogens is 3. The van der Waals surface area contributed by atoms with Crippen molar-refractivity contribution in [2.75, 3.05) is 0 Å². The van der Waals surface area contributed by atoms with Crippen molar-refractivity contribution in [3.8, 4) is 0 Å². The summed E-state index contributed by atoms with van der Waals surface area (Å²) >= 11 is 0. The first kappa shape index (κ1) is 21.6. The number of alkyl halides is 3. The van der Waals surface area contributed by atoms with Crippen LogP contribution in [0, 0.1) is 5.92 Å². The molecule has 1 aliphatic heterocycles. The van der Waals surface area contributed by atoms with Gasteiger partial charge in [0, 0.05) is 15.9 Å². The average Bonchev–Trinajstić information content (AvgIpc) is 3.05. The summed E-state index contributed by atoms with van der Waals surface area (Å²) in [5.41, 5.74) is 1.68. The summed E-state index contributed by atoms with van der Waals surface area (Å²) in [6.45, 7) is 4.15. The van der Waals surface area contributed by atoms with Gasteiger partial charge in [-0.2, -0.15) is 13.2 Å². The van der Waals surface area contributed by atoms with Gasteiger partial charge in [-0.3, -0.25) is 0 Å².